The quantitative estimate of drug-likeness (QED) is 0.924. The molecular weight excluding hydrogens is 283 g/mol. The number of aromatic nitrogens is 2. The van der Waals surface area contributed by atoms with Crippen molar-refractivity contribution in [3.63, 3.8) is 0 Å². The number of nitrogens with one attached hydrogen (secondary N) is 1. The highest BCUT2D eigenvalue weighted by Gasteiger charge is 2.33. The fourth-order valence-electron chi connectivity index (χ4n) is 1.75. The Balaban J connectivity index is 2.26. The predicted octanol–water partition coefficient (Wildman–Crippen LogP) is 3.36. The Labute approximate surface area is 119 Å². The molecule has 2 rings (SSSR count). The van der Waals surface area contributed by atoms with E-state index in [1.54, 1.807) is 19.1 Å². The molecule has 1 amide bonds. The van der Waals surface area contributed by atoms with E-state index < -0.39 is 17.8 Å². The molecule has 0 radical (unpaired) electrons. The standard InChI is InChI=1S/C14H12F3N3O/c1-8-4-3-7-18-12(8)20-13(21)10-5-6-11(14(15,16)17)19-9(10)2/h3-7H,1-2H3,(H,18,20,21). The van der Waals surface area contributed by atoms with Crippen molar-refractivity contribution in [3.05, 3.63) is 53.0 Å². The van der Waals surface area contributed by atoms with Crippen LogP contribution in [0.25, 0.3) is 0 Å². The number of hydrogen-bond acceptors (Lipinski definition) is 3. The lowest BCUT2D eigenvalue weighted by Crippen LogP contribution is -2.17. The van der Waals surface area contributed by atoms with Crippen LogP contribution in [0.2, 0.25) is 0 Å². The second-order valence-corrected chi connectivity index (χ2v) is 4.45. The van der Waals surface area contributed by atoms with Gasteiger partial charge in [0.25, 0.3) is 5.91 Å². The number of rotatable bonds is 2. The first-order valence-corrected chi connectivity index (χ1v) is 6.07. The molecule has 4 nitrogen and oxygen atoms in total. The average Bonchev–Trinajstić information content (AvgIpc) is 2.40. The monoisotopic (exact) mass is 295 g/mol. The summed E-state index contributed by atoms with van der Waals surface area (Å²) in [5.41, 5.74) is -0.182. The first kappa shape index (κ1) is 15.0. The Kier molecular flexibility index (Phi) is 3.93. The molecule has 0 saturated carbocycles. The van der Waals surface area contributed by atoms with Crippen molar-refractivity contribution >= 4 is 11.7 Å². The Hall–Kier alpha value is -2.44. The highest BCUT2D eigenvalue weighted by Crippen LogP contribution is 2.28. The van der Waals surface area contributed by atoms with Gasteiger partial charge in [0.2, 0.25) is 0 Å². The second-order valence-electron chi connectivity index (χ2n) is 4.45. The van der Waals surface area contributed by atoms with E-state index in [0.717, 1.165) is 17.7 Å². The lowest BCUT2D eigenvalue weighted by molar-refractivity contribution is -0.141. The number of carbonyl (C=O) groups excluding carboxylic acids is 1. The van der Waals surface area contributed by atoms with Crippen LogP contribution in [0.15, 0.2) is 30.5 Å². The Morgan fingerprint density at radius 2 is 1.90 bits per heavy atom. The van der Waals surface area contributed by atoms with E-state index in [4.69, 9.17) is 0 Å². The number of nitrogens with zero attached hydrogens (tertiary/aromatic N) is 2. The largest absolute Gasteiger partial charge is 0.433 e. The van der Waals surface area contributed by atoms with Crippen LogP contribution >= 0.6 is 0 Å². The van der Waals surface area contributed by atoms with Crippen LogP contribution in [0.3, 0.4) is 0 Å². The van der Waals surface area contributed by atoms with Gasteiger partial charge >= 0.3 is 6.18 Å². The molecule has 0 aliphatic rings. The molecule has 0 fully saturated rings. The minimum atomic E-state index is -4.53. The molecule has 0 atom stereocenters. The van der Waals surface area contributed by atoms with E-state index in [2.05, 4.69) is 15.3 Å². The second kappa shape index (κ2) is 5.51. The van der Waals surface area contributed by atoms with Crippen LogP contribution in [0.5, 0.6) is 0 Å². The maximum atomic E-state index is 12.5. The number of aryl methyl sites for hydroxylation is 2. The lowest BCUT2D eigenvalue weighted by atomic mass is 10.1. The number of alkyl halides is 3. The molecule has 0 bridgehead atoms. The molecule has 21 heavy (non-hydrogen) atoms. The maximum absolute atomic E-state index is 12.5. The highest BCUT2D eigenvalue weighted by atomic mass is 19.4. The van der Waals surface area contributed by atoms with Gasteiger partial charge in [0, 0.05) is 6.20 Å². The number of hydrogen-bond donors (Lipinski definition) is 1. The number of pyridine rings is 2. The number of amides is 1. The third-order valence-electron chi connectivity index (χ3n) is 2.86. The van der Waals surface area contributed by atoms with Crippen molar-refractivity contribution < 1.29 is 18.0 Å². The summed E-state index contributed by atoms with van der Waals surface area (Å²) < 4.78 is 37.6. The molecule has 0 spiro atoms. The van der Waals surface area contributed by atoms with Crippen LogP contribution in [0, 0.1) is 13.8 Å². The summed E-state index contributed by atoms with van der Waals surface area (Å²) in [6.45, 7) is 3.12. The molecule has 2 heterocycles. The van der Waals surface area contributed by atoms with Crippen LogP contribution in [-0.2, 0) is 6.18 Å². The van der Waals surface area contributed by atoms with Gasteiger partial charge in [-0.25, -0.2) is 9.97 Å². The summed E-state index contributed by atoms with van der Waals surface area (Å²) in [5, 5.41) is 2.55. The number of anilines is 1. The van der Waals surface area contributed by atoms with Gasteiger partial charge in [-0.15, -0.1) is 0 Å². The van der Waals surface area contributed by atoms with Crippen molar-refractivity contribution in [2.75, 3.05) is 5.32 Å². The Morgan fingerprint density at radius 1 is 1.19 bits per heavy atom. The predicted molar refractivity (Wildman–Crippen MR) is 70.9 cm³/mol. The van der Waals surface area contributed by atoms with Crippen molar-refractivity contribution in [2.45, 2.75) is 20.0 Å². The molecule has 0 aliphatic heterocycles. The minimum Gasteiger partial charge on any atom is -0.306 e. The van der Waals surface area contributed by atoms with Gasteiger partial charge in [-0.05, 0) is 37.6 Å². The van der Waals surface area contributed by atoms with Gasteiger partial charge in [-0.2, -0.15) is 13.2 Å². The summed E-state index contributed by atoms with van der Waals surface area (Å²) in [6.07, 6.45) is -3.02. The molecule has 0 aromatic carbocycles. The third-order valence-corrected chi connectivity index (χ3v) is 2.86. The van der Waals surface area contributed by atoms with E-state index >= 15 is 0 Å². The van der Waals surface area contributed by atoms with E-state index in [1.807, 2.05) is 0 Å². The molecular formula is C14H12F3N3O. The topological polar surface area (TPSA) is 54.9 Å². The molecule has 110 valence electrons. The summed E-state index contributed by atoms with van der Waals surface area (Å²) in [6, 6.07) is 5.38. The van der Waals surface area contributed by atoms with Crippen molar-refractivity contribution in [2.24, 2.45) is 0 Å². The average molecular weight is 295 g/mol. The first-order chi connectivity index (χ1) is 9.79. The van der Waals surface area contributed by atoms with Crippen LogP contribution < -0.4 is 5.32 Å². The van der Waals surface area contributed by atoms with Gasteiger partial charge in [-0.1, -0.05) is 6.07 Å². The zero-order chi connectivity index (χ0) is 15.6. The molecule has 0 aliphatic carbocycles. The van der Waals surface area contributed by atoms with E-state index in [9.17, 15) is 18.0 Å². The number of halogens is 3. The smallest absolute Gasteiger partial charge is 0.306 e. The summed E-state index contributed by atoms with van der Waals surface area (Å²) in [7, 11) is 0. The summed E-state index contributed by atoms with van der Waals surface area (Å²) in [4.78, 5) is 19.5. The lowest BCUT2D eigenvalue weighted by Gasteiger charge is -2.11. The van der Waals surface area contributed by atoms with Crippen molar-refractivity contribution in [3.8, 4) is 0 Å². The van der Waals surface area contributed by atoms with Crippen LogP contribution in [-0.4, -0.2) is 15.9 Å². The van der Waals surface area contributed by atoms with Gasteiger partial charge < -0.3 is 5.32 Å². The first-order valence-electron chi connectivity index (χ1n) is 6.07. The van der Waals surface area contributed by atoms with E-state index in [1.165, 1.54) is 13.1 Å². The summed E-state index contributed by atoms with van der Waals surface area (Å²) >= 11 is 0. The zero-order valence-electron chi connectivity index (χ0n) is 11.3. The van der Waals surface area contributed by atoms with Crippen molar-refractivity contribution in [1.29, 1.82) is 0 Å². The zero-order valence-corrected chi connectivity index (χ0v) is 11.3. The molecule has 0 unspecified atom stereocenters. The Bertz CT molecular complexity index is 683. The molecule has 1 N–H and O–H groups in total. The van der Waals surface area contributed by atoms with E-state index in [0.29, 0.717) is 5.82 Å². The SMILES string of the molecule is Cc1cccnc1NC(=O)c1ccc(C(F)(F)F)nc1C. The Morgan fingerprint density at radius 3 is 2.48 bits per heavy atom. The third kappa shape index (κ3) is 3.36. The molecule has 2 aromatic rings. The van der Waals surface area contributed by atoms with Crippen LogP contribution in [0.4, 0.5) is 19.0 Å². The van der Waals surface area contributed by atoms with Gasteiger partial charge in [0.05, 0.1) is 11.3 Å². The van der Waals surface area contributed by atoms with E-state index in [-0.39, 0.29) is 11.3 Å². The summed E-state index contributed by atoms with van der Waals surface area (Å²) in [5.74, 6) is -0.183. The normalized spacial score (nSPS) is 11.3. The van der Waals surface area contributed by atoms with Crippen LogP contribution in [0.1, 0.15) is 27.3 Å². The fourth-order valence-corrected chi connectivity index (χ4v) is 1.75. The molecule has 7 heteroatoms. The number of carbonyl (C=O) groups is 1. The highest BCUT2D eigenvalue weighted by molar-refractivity contribution is 6.04. The fraction of sp³-hybridized carbons (Fsp3) is 0.214. The maximum Gasteiger partial charge on any atom is 0.433 e. The molecule has 0 saturated heterocycles. The van der Waals surface area contributed by atoms with Crippen molar-refractivity contribution in [1.82, 2.24) is 9.97 Å². The van der Waals surface area contributed by atoms with Gasteiger partial charge in [-0.3, -0.25) is 4.79 Å². The molecule has 2 aromatic heterocycles. The van der Waals surface area contributed by atoms with Gasteiger partial charge in [0.1, 0.15) is 11.5 Å². The van der Waals surface area contributed by atoms with Gasteiger partial charge in [0.15, 0.2) is 0 Å². The minimum absolute atomic E-state index is 0.0101.